The summed E-state index contributed by atoms with van der Waals surface area (Å²) in [7, 11) is 1.90. The van der Waals surface area contributed by atoms with Crippen molar-refractivity contribution in [2.75, 3.05) is 44.7 Å². The zero-order chi connectivity index (χ0) is 20.8. The second-order valence-corrected chi connectivity index (χ2v) is 9.32. The Labute approximate surface area is 180 Å². The van der Waals surface area contributed by atoms with E-state index in [1.807, 2.05) is 29.0 Å². The first-order valence-electron chi connectivity index (χ1n) is 9.97. The van der Waals surface area contributed by atoms with Crippen LogP contribution in [0.2, 0.25) is 10.0 Å². The molecule has 9 heteroatoms. The maximum atomic E-state index is 13.3. The maximum absolute atomic E-state index is 13.3. The Balaban J connectivity index is 1.45. The molecule has 3 fully saturated rings. The van der Waals surface area contributed by atoms with Gasteiger partial charge in [-0.2, -0.15) is 0 Å². The molecule has 2 aliphatic heterocycles. The Kier molecular flexibility index (Phi) is 5.68. The van der Waals surface area contributed by atoms with Crippen molar-refractivity contribution in [3.63, 3.8) is 0 Å². The van der Waals surface area contributed by atoms with Crippen molar-refractivity contribution in [3.8, 4) is 0 Å². The molecule has 1 saturated carbocycles. The van der Waals surface area contributed by atoms with Gasteiger partial charge in [-0.1, -0.05) is 29.3 Å². The van der Waals surface area contributed by atoms with Crippen molar-refractivity contribution in [3.05, 3.63) is 28.2 Å². The van der Waals surface area contributed by atoms with Crippen molar-refractivity contribution >= 4 is 40.7 Å². The molecule has 2 saturated heterocycles. The molecule has 0 unspecified atom stereocenters. The number of rotatable bonds is 3. The largest absolute Gasteiger partial charge is 0.367 e. The lowest BCUT2D eigenvalue weighted by Gasteiger charge is -2.45. The van der Waals surface area contributed by atoms with E-state index in [1.54, 1.807) is 11.5 Å². The third-order valence-corrected chi connectivity index (χ3v) is 7.42. The van der Waals surface area contributed by atoms with Gasteiger partial charge in [0.2, 0.25) is 11.8 Å². The fourth-order valence-electron chi connectivity index (χ4n) is 4.89. The molecule has 0 bridgehead atoms. The quantitative estimate of drug-likeness (QED) is 0.556. The highest BCUT2D eigenvalue weighted by atomic mass is 35.5. The van der Waals surface area contributed by atoms with E-state index in [0.29, 0.717) is 42.6 Å². The number of benzene rings is 1. The van der Waals surface area contributed by atoms with Crippen LogP contribution in [-0.4, -0.2) is 72.6 Å². The van der Waals surface area contributed by atoms with Crippen LogP contribution in [-0.2, 0) is 9.59 Å². The van der Waals surface area contributed by atoms with E-state index < -0.39 is 17.9 Å². The monoisotopic (exact) mass is 440 g/mol. The zero-order valence-corrected chi connectivity index (χ0v) is 17.9. The van der Waals surface area contributed by atoms with Crippen LogP contribution in [0.1, 0.15) is 19.3 Å². The molecule has 0 aromatic heterocycles. The number of likely N-dealkylation sites (tertiary alicyclic amines) is 1. The van der Waals surface area contributed by atoms with Crippen LogP contribution in [0.3, 0.4) is 0 Å². The predicted octanol–water partition coefficient (Wildman–Crippen LogP) is 2.25. The van der Waals surface area contributed by atoms with Crippen molar-refractivity contribution in [1.29, 1.82) is 0 Å². The van der Waals surface area contributed by atoms with Crippen LogP contribution in [0.4, 0.5) is 5.69 Å². The lowest BCUT2D eigenvalue weighted by molar-refractivity contribution is -0.150. The smallest absolute Gasteiger partial charge is 0.248 e. The summed E-state index contributed by atoms with van der Waals surface area (Å²) in [6, 6.07) is 5.00. The van der Waals surface area contributed by atoms with Gasteiger partial charge in [0.25, 0.3) is 0 Å². The molecule has 0 radical (unpaired) electrons. The molecule has 1 aromatic carbocycles. The number of nitrogens with zero attached hydrogens (tertiary/aromatic N) is 3. The third-order valence-electron chi connectivity index (χ3n) is 6.61. The van der Waals surface area contributed by atoms with Crippen molar-refractivity contribution in [2.24, 2.45) is 11.3 Å². The van der Waals surface area contributed by atoms with Gasteiger partial charge in [-0.15, -0.1) is 0 Å². The Morgan fingerprint density at radius 2 is 1.86 bits per heavy atom. The molecule has 4 rings (SSSR count). The van der Waals surface area contributed by atoms with Gasteiger partial charge in [-0.3, -0.25) is 19.7 Å². The minimum atomic E-state index is -0.547. The van der Waals surface area contributed by atoms with Gasteiger partial charge in [-0.25, -0.2) is 5.48 Å². The topological polar surface area (TPSA) is 76.1 Å². The fraction of sp³-hybridized carbons (Fsp3) is 0.600. The minimum Gasteiger partial charge on any atom is -0.367 e. The van der Waals surface area contributed by atoms with Crippen molar-refractivity contribution in [1.82, 2.24) is 15.3 Å². The lowest BCUT2D eigenvalue weighted by atomic mass is 9.80. The van der Waals surface area contributed by atoms with E-state index >= 15 is 0 Å². The Bertz CT molecular complexity index is 809. The summed E-state index contributed by atoms with van der Waals surface area (Å²) >= 11 is 12.5. The second kappa shape index (κ2) is 7.95. The van der Waals surface area contributed by atoms with E-state index in [4.69, 9.17) is 23.2 Å². The molecular formula is C20H26Cl2N4O3. The third kappa shape index (κ3) is 3.93. The van der Waals surface area contributed by atoms with E-state index in [0.717, 1.165) is 25.1 Å². The Hall–Kier alpha value is -1.54. The first-order chi connectivity index (χ1) is 13.8. The number of hydrogen-bond acceptors (Lipinski definition) is 5. The molecule has 3 aliphatic rings. The number of piperazine rings is 1. The van der Waals surface area contributed by atoms with Gasteiger partial charge in [0, 0.05) is 32.7 Å². The van der Waals surface area contributed by atoms with E-state index in [1.165, 1.54) is 0 Å². The standard InChI is InChI=1S/C20H26Cl2N4O3/c1-24-12-20(5-6-20)11-13(18(27)23-29)17(24)19(28)26-9-7-25(8-10-26)15-4-2-3-14(21)16(15)22/h2-4,13,17,29H,5-12H2,1H3,(H,23,27)/t13-,17-/m0/s1. The summed E-state index contributed by atoms with van der Waals surface area (Å²) in [6.45, 7) is 3.19. The van der Waals surface area contributed by atoms with Gasteiger partial charge >= 0.3 is 0 Å². The average molecular weight is 441 g/mol. The van der Waals surface area contributed by atoms with Crippen LogP contribution in [0.5, 0.6) is 0 Å². The molecule has 2 amide bonds. The predicted molar refractivity (Wildman–Crippen MR) is 111 cm³/mol. The Morgan fingerprint density at radius 1 is 1.17 bits per heavy atom. The molecule has 1 aromatic rings. The summed E-state index contributed by atoms with van der Waals surface area (Å²) in [4.78, 5) is 31.6. The molecule has 29 heavy (non-hydrogen) atoms. The highest BCUT2D eigenvalue weighted by Crippen LogP contribution is 2.54. The molecule has 2 heterocycles. The molecule has 2 atom stereocenters. The molecular weight excluding hydrogens is 415 g/mol. The average Bonchev–Trinajstić information content (AvgIpc) is 3.47. The maximum Gasteiger partial charge on any atom is 0.248 e. The number of hydroxylamine groups is 1. The molecule has 2 N–H and O–H groups in total. The number of nitrogens with one attached hydrogen (secondary N) is 1. The number of carbonyl (C=O) groups is 2. The summed E-state index contributed by atoms with van der Waals surface area (Å²) in [5, 5.41) is 10.2. The SMILES string of the molecule is CN1CC2(CC2)C[C@H](C(=O)NO)[C@H]1C(=O)N1CCN(c2cccc(Cl)c2Cl)CC1. The molecule has 1 aliphatic carbocycles. The first-order valence-corrected chi connectivity index (χ1v) is 10.7. The van der Waals surface area contributed by atoms with Crippen LogP contribution < -0.4 is 10.4 Å². The number of anilines is 1. The van der Waals surface area contributed by atoms with Crippen LogP contribution in [0.15, 0.2) is 18.2 Å². The summed E-state index contributed by atoms with van der Waals surface area (Å²) in [6.07, 6.45) is 2.80. The molecule has 158 valence electrons. The van der Waals surface area contributed by atoms with E-state index in [2.05, 4.69) is 4.90 Å². The normalized spacial score (nSPS) is 26.5. The first kappa shape index (κ1) is 20.7. The number of carbonyl (C=O) groups excluding carboxylic acids is 2. The van der Waals surface area contributed by atoms with E-state index in [-0.39, 0.29) is 11.3 Å². The minimum absolute atomic E-state index is 0.0477. The number of halogens is 2. The lowest BCUT2D eigenvalue weighted by Crippen LogP contribution is -2.61. The highest BCUT2D eigenvalue weighted by Gasteiger charge is 2.55. The Morgan fingerprint density at radius 3 is 2.48 bits per heavy atom. The van der Waals surface area contributed by atoms with Gasteiger partial charge in [-0.05, 0) is 43.9 Å². The van der Waals surface area contributed by atoms with Crippen LogP contribution in [0, 0.1) is 11.3 Å². The van der Waals surface area contributed by atoms with E-state index in [9.17, 15) is 14.8 Å². The fourth-order valence-corrected chi connectivity index (χ4v) is 5.30. The van der Waals surface area contributed by atoms with Crippen molar-refractivity contribution < 1.29 is 14.8 Å². The number of amides is 2. The summed E-state index contributed by atoms with van der Waals surface area (Å²) in [5.41, 5.74) is 2.78. The van der Waals surface area contributed by atoms with Gasteiger partial charge < -0.3 is 9.80 Å². The van der Waals surface area contributed by atoms with Crippen LogP contribution in [0.25, 0.3) is 0 Å². The molecule has 1 spiro atoms. The van der Waals surface area contributed by atoms with Gasteiger partial charge in [0.05, 0.1) is 21.7 Å². The zero-order valence-electron chi connectivity index (χ0n) is 16.4. The number of likely N-dealkylation sites (N-methyl/N-ethyl adjacent to an activating group) is 1. The van der Waals surface area contributed by atoms with Crippen molar-refractivity contribution in [2.45, 2.75) is 25.3 Å². The summed E-state index contributed by atoms with van der Waals surface area (Å²) in [5.74, 6) is -1.05. The van der Waals surface area contributed by atoms with Gasteiger partial charge in [0.15, 0.2) is 0 Å². The number of piperidine rings is 1. The number of hydrogen-bond donors (Lipinski definition) is 2. The van der Waals surface area contributed by atoms with Gasteiger partial charge in [0.1, 0.15) is 6.04 Å². The highest BCUT2D eigenvalue weighted by molar-refractivity contribution is 6.43. The molecule has 7 nitrogen and oxygen atoms in total. The van der Waals surface area contributed by atoms with Crippen LogP contribution >= 0.6 is 23.2 Å². The second-order valence-electron chi connectivity index (χ2n) is 8.53. The summed E-state index contributed by atoms with van der Waals surface area (Å²) < 4.78 is 0.